The second kappa shape index (κ2) is 5.27. The molecule has 0 aliphatic carbocycles. The van der Waals surface area contributed by atoms with Gasteiger partial charge in [-0.3, -0.25) is 9.69 Å². The second-order valence-corrected chi connectivity index (χ2v) is 4.72. The third-order valence-electron chi connectivity index (χ3n) is 2.72. The number of hydrogen-bond donors (Lipinski definition) is 0. The molecule has 0 radical (unpaired) electrons. The molecule has 0 unspecified atom stereocenters. The van der Waals surface area contributed by atoms with Crippen LogP contribution in [0.1, 0.15) is 19.4 Å². The molecule has 1 amide bonds. The van der Waals surface area contributed by atoms with E-state index < -0.39 is 0 Å². The van der Waals surface area contributed by atoms with Crippen LogP contribution in [0.2, 0.25) is 0 Å². The van der Waals surface area contributed by atoms with Crippen molar-refractivity contribution in [1.29, 1.82) is 0 Å². The summed E-state index contributed by atoms with van der Waals surface area (Å²) in [6, 6.07) is 3.96. The molecule has 4 nitrogen and oxygen atoms in total. The molecule has 1 aromatic heterocycles. The number of hydrogen-bond acceptors (Lipinski definition) is 3. The molecule has 2 rings (SSSR count). The SMILES string of the molecule is CC(C)Cc1ccc(N2CCOCC2=O)nc1. The van der Waals surface area contributed by atoms with Crippen molar-refractivity contribution in [3.8, 4) is 0 Å². The molecule has 92 valence electrons. The lowest BCUT2D eigenvalue weighted by molar-refractivity contribution is -0.125. The van der Waals surface area contributed by atoms with Gasteiger partial charge in [-0.1, -0.05) is 19.9 Å². The first-order valence-corrected chi connectivity index (χ1v) is 6.00. The summed E-state index contributed by atoms with van der Waals surface area (Å²) in [7, 11) is 0. The standard InChI is InChI=1S/C13H18N2O2/c1-10(2)7-11-3-4-12(14-8-11)15-5-6-17-9-13(15)16/h3-4,8,10H,5-7,9H2,1-2H3. The van der Waals surface area contributed by atoms with E-state index >= 15 is 0 Å². The zero-order chi connectivity index (χ0) is 12.3. The first kappa shape index (κ1) is 12.0. The lowest BCUT2D eigenvalue weighted by atomic mass is 10.1. The van der Waals surface area contributed by atoms with Gasteiger partial charge in [-0.25, -0.2) is 4.98 Å². The Kier molecular flexibility index (Phi) is 3.74. The van der Waals surface area contributed by atoms with E-state index in [0.717, 1.165) is 12.2 Å². The van der Waals surface area contributed by atoms with E-state index in [1.54, 1.807) is 4.90 Å². The van der Waals surface area contributed by atoms with Crippen LogP contribution in [0.25, 0.3) is 0 Å². The third-order valence-corrected chi connectivity index (χ3v) is 2.72. The molecule has 4 heteroatoms. The van der Waals surface area contributed by atoms with Crippen molar-refractivity contribution in [2.24, 2.45) is 5.92 Å². The van der Waals surface area contributed by atoms with Gasteiger partial charge in [0.05, 0.1) is 13.2 Å². The summed E-state index contributed by atoms with van der Waals surface area (Å²) < 4.78 is 5.09. The third kappa shape index (κ3) is 3.03. The Morgan fingerprint density at radius 3 is 2.88 bits per heavy atom. The maximum absolute atomic E-state index is 11.6. The van der Waals surface area contributed by atoms with Crippen molar-refractivity contribution in [2.45, 2.75) is 20.3 Å². The Bertz CT molecular complexity index is 387. The van der Waals surface area contributed by atoms with Crippen LogP contribution in [0.5, 0.6) is 0 Å². The Morgan fingerprint density at radius 2 is 2.29 bits per heavy atom. The quantitative estimate of drug-likeness (QED) is 0.798. The number of anilines is 1. The summed E-state index contributed by atoms with van der Waals surface area (Å²) in [4.78, 5) is 17.7. The monoisotopic (exact) mass is 234 g/mol. The molecule has 1 saturated heterocycles. The van der Waals surface area contributed by atoms with Crippen LogP contribution in [-0.4, -0.2) is 30.6 Å². The van der Waals surface area contributed by atoms with E-state index in [9.17, 15) is 4.79 Å². The number of aromatic nitrogens is 1. The zero-order valence-corrected chi connectivity index (χ0v) is 10.3. The van der Waals surface area contributed by atoms with Gasteiger partial charge < -0.3 is 4.74 Å². The first-order chi connectivity index (χ1) is 8.16. The van der Waals surface area contributed by atoms with Crippen molar-refractivity contribution in [1.82, 2.24) is 4.98 Å². The van der Waals surface area contributed by atoms with Crippen LogP contribution in [0.4, 0.5) is 5.82 Å². The Morgan fingerprint density at radius 1 is 1.47 bits per heavy atom. The van der Waals surface area contributed by atoms with E-state index in [1.165, 1.54) is 5.56 Å². The topological polar surface area (TPSA) is 42.4 Å². The lowest BCUT2D eigenvalue weighted by Gasteiger charge is -2.25. The molecular formula is C13H18N2O2. The normalized spacial score (nSPS) is 16.6. The van der Waals surface area contributed by atoms with Crippen LogP contribution in [0.3, 0.4) is 0 Å². The summed E-state index contributed by atoms with van der Waals surface area (Å²) >= 11 is 0. The smallest absolute Gasteiger partial charge is 0.254 e. The highest BCUT2D eigenvalue weighted by atomic mass is 16.5. The van der Waals surface area contributed by atoms with Gasteiger partial charge in [-0.05, 0) is 24.0 Å². The van der Waals surface area contributed by atoms with Gasteiger partial charge >= 0.3 is 0 Å². The molecule has 1 fully saturated rings. The average molecular weight is 234 g/mol. The van der Waals surface area contributed by atoms with E-state index in [-0.39, 0.29) is 12.5 Å². The van der Waals surface area contributed by atoms with Crippen molar-refractivity contribution < 1.29 is 9.53 Å². The highest BCUT2D eigenvalue weighted by molar-refractivity contribution is 5.93. The number of nitrogens with zero attached hydrogens (tertiary/aromatic N) is 2. The molecule has 0 saturated carbocycles. The molecule has 0 N–H and O–H groups in total. The molecule has 1 aliphatic heterocycles. The predicted octanol–water partition coefficient (Wildman–Crippen LogP) is 1.64. The van der Waals surface area contributed by atoms with Gasteiger partial charge in [0.25, 0.3) is 5.91 Å². The first-order valence-electron chi connectivity index (χ1n) is 6.00. The fourth-order valence-corrected chi connectivity index (χ4v) is 1.93. The zero-order valence-electron chi connectivity index (χ0n) is 10.3. The van der Waals surface area contributed by atoms with Gasteiger partial charge in [0.15, 0.2) is 0 Å². The Balaban J connectivity index is 2.08. The van der Waals surface area contributed by atoms with E-state index in [0.29, 0.717) is 19.1 Å². The van der Waals surface area contributed by atoms with Gasteiger partial charge in [-0.2, -0.15) is 0 Å². The molecule has 1 aliphatic rings. The molecule has 0 atom stereocenters. The molecule has 2 heterocycles. The van der Waals surface area contributed by atoms with Crippen molar-refractivity contribution in [3.05, 3.63) is 23.9 Å². The number of morpholine rings is 1. The predicted molar refractivity (Wildman–Crippen MR) is 66.0 cm³/mol. The van der Waals surface area contributed by atoms with Crippen molar-refractivity contribution >= 4 is 11.7 Å². The van der Waals surface area contributed by atoms with Crippen LogP contribution in [0.15, 0.2) is 18.3 Å². The molecule has 17 heavy (non-hydrogen) atoms. The fourth-order valence-electron chi connectivity index (χ4n) is 1.93. The van der Waals surface area contributed by atoms with Gasteiger partial charge in [0.2, 0.25) is 0 Å². The number of carbonyl (C=O) groups is 1. The van der Waals surface area contributed by atoms with Crippen LogP contribution in [-0.2, 0) is 16.0 Å². The van der Waals surface area contributed by atoms with Crippen LogP contribution < -0.4 is 4.90 Å². The largest absolute Gasteiger partial charge is 0.370 e. The van der Waals surface area contributed by atoms with Crippen molar-refractivity contribution in [2.75, 3.05) is 24.7 Å². The molecular weight excluding hydrogens is 216 g/mol. The van der Waals surface area contributed by atoms with Gasteiger partial charge in [0.1, 0.15) is 12.4 Å². The number of rotatable bonds is 3. The fraction of sp³-hybridized carbons (Fsp3) is 0.538. The van der Waals surface area contributed by atoms with Crippen LogP contribution in [0, 0.1) is 5.92 Å². The highest BCUT2D eigenvalue weighted by Gasteiger charge is 2.20. The second-order valence-electron chi connectivity index (χ2n) is 4.72. The van der Waals surface area contributed by atoms with E-state index in [1.807, 2.05) is 18.3 Å². The maximum Gasteiger partial charge on any atom is 0.254 e. The number of ether oxygens (including phenoxy) is 1. The summed E-state index contributed by atoms with van der Waals surface area (Å²) in [5, 5.41) is 0. The molecule has 0 aromatic carbocycles. The molecule has 0 spiro atoms. The van der Waals surface area contributed by atoms with Gasteiger partial charge in [0, 0.05) is 6.20 Å². The van der Waals surface area contributed by atoms with Crippen LogP contribution >= 0.6 is 0 Å². The number of pyridine rings is 1. The minimum atomic E-state index is -0.0136. The Labute approximate surface area is 102 Å². The summed E-state index contributed by atoms with van der Waals surface area (Å²) in [5.74, 6) is 1.33. The molecule has 0 bridgehead atoms. The lowest BCUT2D eigenvalue weighted by Crippen LogP contribution is -2.42. The summed E-state index contributed by atoms with van der Waals surface area (Å²) in [6.45, 7) is 5.70. The maximum atomic E-state index is 11.6. The minimum Gasteiger partial charge on any atom is -0.370 e. The highest BCUT2D eigenvalue weighted by Crippen LogP contribution is 2.15. The Hall–Kier alpha value is -1.42. The van der Waals surface area contributed by atoms with E-state index in [4.69, 9.17) is 4.74 Å². The number of amides is 1. The minimum absolute atomic E-state index is 0.0136. The number of carbonyl (C=O) groups excluding carboxylic acids is 1. The summed E-state index contributed by atoms with van der Waals surface area (Å²) in [6.07, 6.45) is 2.88. The summed E-state index contributed by atoms with van der Waals surface area (Å²) in [5.41, 5.74) is 1.21. The average Bonchev–Trinajstić information content (AvgIpc) is 2.30. The van der Waals surface area contributed by atoms with E-state index in [2.05, 4.69) is 18.8 Å². The molecule has 1 aromatic rings. The van der Waals surface area contributed by atoms with Gasteiger partial charge in [-0.15, -0.1) is 0 Å². The van der Waals surface area contributed by atoms with Crippen molar-refractivity contribution in [3.63, 3.8) is 0 Å².